The van der Waals surface area contributed by atoms with Crippen molar-refractivity contribution < 1.29 is 14.3 Å². The van der Waals surface area contributed by atoms with Crippen LogP contribution < -0.4 is 11.1 Å². The third-order valence-corrected chi connectivity index (χ3v) is 3.78. The summed E-state index contributed by atoms with van der Waals surface area (Å²) in [6, 6.07) is 0. The fourth-order valence-electron chi connectivity index (χ4n) is 2.34. The maximum Gasteiger partial charge on any atom is 0.242 e. The Labute approximate surface area is 126 Å². The van der Waals surface area contributed by atoms with Gasteiger partial charge in [-0.05, 0) is 19.5 Å². The average Bonchev–Trinajstić information content (AvgIpc) is 2.97. The monoisotopic (exact) mass is 300 g/mol. The molecule has 0 aliphatic carbocycles. The first-order chi connectivity index (χ1) is 10.1. The summed E-state index contributed by atoms with van der Waals surface area (Å²) in [5.74, 6) is -0.388. The van der Waals surface area contributed by atoms with Crippen molar-refractivity contribution in [2.24, 2.45) is 5.73 Å². The van der Waals surface area contributed by atoms with Crippen LogP contribution in [0.2, 0.25) is 0 Å². The molecular formula is C14H28N4O3. The molecule has 1 saturated heterocycles. The van der Waals surface area contributed by atoms with Gasteiger partial charge in [-0.2, -0.15) is 0 Å². The van der Waals surface area contributed by atoms with Gasteiger partial charge in [-0.15, -0.1) is 0 Å². The Morgan fingerprint density at radius 1 is 1.38 bits per heavy atom. The van der Waals surface area contributed by atoms with Gasteiger partial charge in [0.05, 0.1) is 25.8 Å². The Morgan fingerprint density at radius 2 is 2.10 bits per heavy atom. The number of nitrogens with zero attached hydrogens (tertiary/aromatic N) is 2. The lowest BCUT2D eigenvalue weighted by Crippen LogP contribution is -2.41. The zero-order valence-corrected chi connectivity index (χ0v) is 13.1. The average molecular weight is 300 g/mol. The lowest BCUT2D eigenvalue weighted by molar-refractivity contribution is -0.132. The summed E-state index contributed by atoms with van der Waals surface area (Å²) in [6.07, 6.45) is 0.962. The summed E-state index contributed by atoms with van der Waals surface area (Å²) in [5, 5.41) is 2.49. The lowest BCUT2D eigenvalue weighted by atomic mass is 10.3. The molecule has 1 unspecified atom stereocenters. The molecule has 1 fully saturated rings. The van der Waals surface area contributed by atoms with Crippen molar-refractivity contribution >= 4 is 11.8 Å². The van der Waals surface area contributed by atoms with E-state index in [4.69, 9.17) is 10.5 Å². The highest BCUT2D eigenvalue weighted by atomic mass is 16.5. The van der Waals surface area contributed by atoms with E-state index in [9.17, 15) is 9.59 Å². The number of likely N-dealkylation sites (N-methyl/N-ethyl adjacent to an activating group) is 1. The second-order valence-electron chi connectivity index (χ2n) is 5.13. The minimum atomic E-state index is -0.311. The molecule has 122 valence electrons. The molecule has 0 aromatic heterocycles. The van der Waals surface area contributed by atoms with Crippen LogP contribution in [0.5, 0.6) is 0 Å². The van der Waals surface area contributed by atoms with Crippen LogP contribution >= 0.6 is 0 Å². The highest BCUT2D eigenvalue weighted by Gasteiger charge is 2.26. The Hall–Kier alpha value is -1.18. The minimum absolute atomic E-state index is 0.0161. The smallest absolute Gasteiger partial charge is 0.242 e. The lowest BCUT2D eigenvalue weighted by Gasteiger charge is -2.20. The molecule has 0 spiro atoms. The summed E-state index contributed by atoms with van der Waals surface area (Å²) >= 11 is 0. The first kappa shape index (κ1) is 17.9. The predicted octanol–water partition coefficient (Wildman–Crippen LogP) is -0.979. The van der Waals surface area contributed by atoms with E-state index in [2.05, 4.69) is 24.1 Å². The third-order valence-electron chi connectivity index (χ3n) is 3.78. The van der Waals surface area contributed by atoms with Crippen molar-refractivity contribution in [1.29, 1.82) is 0 Å². The Bertz CT molecular complexity index is 334. The zero-order valence-electron chi connectivity index (χ0n) is 13.1. The van der Waals surface area contributed by atoms with Crippen molar-refractivity contribution in [3.63, 3.8) is 0 Å². The number of nitrogens with two attached hydrogens (primary N) is 1. The fourth-order valence-corrected chi connectivity index (χ4v) is 2.34. The van der Waals surface area contributed by atoms with Crippen molar-refractivity contribution in [3.8, 4) is 0 Å². The number of rotatable bonds is 9. The van der Waals surface area contributed by atoms with Crippen LogP contribution in [0.15, 0.2) is 0 Å². The van der Waals surface area contributed by atoms with Crippen molar-refractivity contribution in [2.75, 3.05) is 52.4 Å². The number of likely N-dealkylation sites (tertiary alicyclic amines) is 1. The van der Waals surface area contributed by atoms with E-state index in [1.807, 2.05) is 0 Å². The maximum absolute atomic E-state index is 11.9. The molecular weight excluding hydrogens is 272 g/mol. The van der Waals surface area contributed by atoms with Gasteiger partial charge in [0.2, 0.25) is 11.8 Å². The van der Waals surface area contributed by atoms with Gasteiger partial charge >= 0.3 is 0 Å². The fraction of sp³-hybridized carbons (Fsp3) is 0.857. The van der Waals surface area contributed by atoms with E-state index >= 15 is 0 Å². The summed E-state index contributed by atoms with van der Waals surface area (Å²) in [6.45, 7) is 9.15. The highest BCUT2D eigenvalue weighted by molar-refractivity contribution is 5.85. The predicted molar refractivity (Wildman–Crippen MR) is 80.8 cm³/mol. The number of carbonyl (C=O) groups excluding carboxylic acids is 2. The number of carbonyl (C=O) groups is 2. The summed E-state index contributed by atoms with van der Waals surface area (Å²) in [4.78, 5) is 27.0. The number of hydrogen-bond acceptors (Lipinski definition) is 5. The van der Waals surface area contributed by atoms with Gasteiger partial charge in [-0.3, -0.25) is 9.59 Å². The Kier molecular flexibility index (Phi) is 8.26. The van der Waals surface area contributed by atoms with E-state index in [-0.39, 0.29) is 31.0 Å². The highest BCUT2D eigenvalue weighted by Crippen LogP contribution is 2.12. The molecule has 1 aliphatic rings. The SMILES string of the molecule is CCN(CC)CCOC1CCN(C(=O)CNC(=O)CN)C1. The summed E-state index contributed by atoms with van der Waals surface area (Å²) < 4.78 is 5.82. The van der Waals surface area contributed by atoms with E-state index in [1.54, 1.807) is 4.90 Å². The second kappa shape index (κ2) is 9.70. The molecule has 0 aromatic rings. The molecule has 3 N–H and O–H groups in total. The van der Waals surface area contributed by atoms with Gasteiger partial charge in [0.1, 0.15) is 0 Å². The third kappa shape index (κ3) is 6.41. The van der Waals surface area contributed by atoms with Gasteiger partial charge in [-0.25, -0.2) is 0 Å². The van der Waals surface area contributed by atoms with Crippen LogP contribution in [0, 0.1) is 0 Å². The van der Waals surface area contributed by atoms with Gasteiger partial charge in [-0.1, -0.05) is 13.8 Å². The molecule has 2 amide bonds. The van der Waals surface area contributed by atoms with Crippen LogP contribution in [-0.4, -0.2) is 80.1 Å². The molecule has 0 bridgehead atoms. The standard InChI is InChI=1S/C14H28N4O3/c1-3-17(4-2)7-8-21-12-5-6-18(11-12)14(20)10-16-13(19)9-15/h12H,3-11,15H2,1-2H3,(H,16,19). The molecule has 0 aromatic carbocycles. The Morgan fingerprint density at radius 3 is 2.71 bits per heavy atom. The first-order valence-corrected chi connectivity index (χ1v) is 7.69. The molecule has 1 rings (SSSR count). The molecule has 7 nitrogen and oxygen atoms in total. The van der Waals surface area contributed by atoms with E-state index in [1.165, 1.54) is 0 Å². The minimum Gasteiger partial charge on any atom is -0.375 e. The van der Waals surface area contributed by atoms with Crippen molar-refractivity contribution in [3.05, 3.63) is 0 Å². The summed E-state index contributed by atoms with van der Waals surface area (Å²) in [7, 11) is 0. The van der Waals surface area contributed by atoms with Gasteiger partial charge in [0, 0.05) is 19.6 Å². The molecule has 1 aliphatic heterocycles. The van der Waals surface area contributed by atoms with Crippen LogP contribution in [0.1, 0.15) is 20.3 Å². The first-order valence-electron chi connectivity index (χ1n) is 7.69. The number of amides is 2. The van der Waals surface area contributed by atoms with Crippen molar-refractivity contribution in [2.45, 2.75) is 26.4 Å². The van der Waals surface area contributed by atoms with Crippen molar-refractivity contribution in [1.82, 2.24) is 15.1 Å². The maximum atomic E-state index is 11.9. The number of hydrogen-bond donors (Lipinski definition) is 2. The van der Waals surface area contributed by atoms with Crippen LogP contribution in [0.4, 0.5) is 0 Å². The molecule has 7 heteroatoms. The Balaban J connectivity index is 2.19. The number of ether oxygens (including phenoxy) is 1. The van der Waals surface area contributed by atoms with E-state index in [0.717, 1.165) is 26.1 Å². The molecule has 21 heavy (non-hydrogen) atoms. The molecule has 1 heterocycles. The van der Waals surface area contributed by atoms with Gasteiger partial charge in [0.25, 0.3) is 0 Å². The number of nitrogens with one attached hydrogen (secondary N) is 1. The summed E-state index contributed by atoms with van der Waals surface area (Å²) in [5.41, 5.74) is 5.17. The normalized spacial score (nSPS) is 18.3. The van der Waals surface area contributed by atoms with Crippen LogP contribution in [0.25, 0.3) is 0 Å². The second-order valence-corrected chi connectivity index (χ2v) is 5.13. The van der Waals surface area contributed by atoms with E-state index < -0.39 is 0 Å². The van der Waals surface area contributed by atoms with Crippen LogP contribution in [-0.2, 0) is 14.3 Å². The van der Waals surface area contributed by atoms with E-state index in [0.29, 0.717) is 19.7 Å². The van der Waals surface area contributed by atoms with Crippen LogP contribution in [0.3, 0.4) is 0 Å². The molecule has 0 saturated carbocycles. The largest absolute Gasteiger partial charge is 0.375 e. The topological polar surface area (TPSA) is 87.9 Å². The van der Waals surface area contributed by atoms with Gasteiger partial charge in [0.15, 0.2) is 0 Å². The quantitative estimate of drug-likeness (QED) is 0.571. The molecule has 0 radical (unpaired) electrons. The zero-order chi connectivity index (χ0) is 15.7. The van der Waals surface area contributed by atoms with Gasteiger partial charge < -0.3 is 25.6 Å². The molecule has 1 atom stereocenters.